The number of piperazine rings is 1. The highest BCUT2D eigenvalue weighted by Crippen LogP contribution is 2.15. The van der Waals surface area contributed by atoms with Crippen LogP contribution in [0.2, 0.25) is 0 Å². The minimum absolute atomic E-state index is 0.0308. The van der Waals surface area contributed by atoms with E-state index in [9.17, 15) is 9.90 Å². The van der Waals surface area contributed by atoms with Gasteiger partial charge in [0.25, 0.3) is 0 Å². The van der Waals surface area contributed by atoms with Crippen molar-refractivity contribution in [3.8, 4) is 11.5 Å². The second-order valence-corrected chi connectivity index (χ2v) is 7.70. The highest BCUT2D eigenvalue weighted by Gasteiger charge is 2.19. The number of benzene rings is 2. The van der Waals surface area contributed by atoms with Crippen molar-refractivity contribution < 1.29 is 19.4 Å². The molecule has 0 aliphatic carbocycles. The highest BCUT2D eigenvalue weighted by atomic mass is 16.5. The third-order valence-electron chi connectivity index (χ3n) is 5.28. The van der Waals surface area contributed by atoms with Gasteiger partial charge in [-0.05, 0) is 55.8 Å². The molecule has 1 N–H and O–H groups in total. The van der Waals surface area contributed by atoms with E-state index in [-0.39, 0.29) is 12.4 Å². The lowest BCUT2D eigenvalue weighted by atomic mass is 10.1. The number of carbonyl (C=O) groups is 1. The molecule has 1 aliphatic rings. The molecule has 1 fully saturated rings. The first kappa shape index (κ1) is 22.3. The third-order valence-corrected chi connectivity index (χ3v) is 5.28. The van der Waals surface area contributed by atoms with Crippen LogP contribution in [0.4, 0.5) is 0 Å². The Labute approximate surface area is 179 Å². The minimum Gasteiger partial charge on any atom is -0.494 e. The lowest BCUT2D eigenvalue weighted by molar-refractivity contribution is 0.0446. The molecule has 0 spiro atoms. The number of rotatable bonds is 10. The number of carbonyl (C=O) groups excluding carboxylic acids is 1. The van der Waals surface area contributed by atoms with Crippen LogP contribution in [0.15, 0.2) is 48.5 Å². The molecule has 0 aromatic heterocycles. The fourth-order valence-electron chi connectivity index (χ4n) is 3.57. The number of β-amino-alcohol motifs (C(OH)–C–C–N with tert-alkyl or cyclic N) is 1. The van der Waals surface area contributed by atoms with Crippen LogP contribution >= 0.6 is 0 Å². The fraction of sp³-hybridized carbons (Fsp3) is 0.458. The fourth-order valence-corrected chi connectivity index (χ4v) is 3.57. The molecule has 0 saturated carbocycles. The predicted octanol–water partition coefficient (Wildman–Crippen LogP) is 2.85. The lowest BCUT2D eigenvalue weighted by Gasteiger charge is -2.35. The Morgan fingerprint density at radius 1 is 0.933 bits per heavy atom. The van der Waals surface area contributed by atoms with Gasteiger partial charge in [0.05, 0.1) is 6.61 Å². The van der Waals surface area contributed by atoms with Gasteiger partial charge in [-0.3, -0.25) is 14.6 Å². The summed E-state index contributed by atoms with van der Waals surface area (Å²) in [6, 6.07) is 15.3. The molecule has 0 amide bonds. The normalized spacial score (nSPS) is 16.2. The summed E-state index contributed by atoms with van der Waals surface area (Å²) in [5.74, 6) is 1.61. The maximum atomic E-state index is 11.3. The van der Waals surface area contributed by atoms with Crippen LogP contribution in [-0.2, 0) is 6.54 Å². The molecule has 1 atom stereocenters. The van der Waals surface area contributed by atoms with Crippen molar-refractivity contribution in [1.29, 1.82) is 0 Å². The lowest BCUT2D eigenvalue weighted by Crippen LogP contribution is -2.48. The summed E-state index contributed by atoms with van der Waals surface area (Å²) in [6.45, 7) is 9.81. The predicted molar refractivity (Wildman–Crippen MR) is 117 cm³/mol. The van der Waals surface area contributed by atoms with Crippen LogP contribution in [-0.4, -0.2) is 72.7 Å². The first-order valence-corrected chi connectivity index (χ1v) is 10.6. The van der Waals surface area contributed by atoms with Crippen LogP contribution in [0.25, 0.3) is 0 Å². The van der Waals surface area contributed by atoms with Gasteiger partial charge >= 0.3 is 0 Å². The molecule has 1 unspecified atom stereocenters. The van der Waals surface area contributed by atoms with E-state index in [0.29, 0.717) is 24.5 Å². The molecular formula is C24H32N2O4. The first-order valence-electron chi connectivity index (χ1n) is 10.6. The first-order chi connectivity index (χ1) is 14.5. The quantitative estimate of drug-likeness (QED) is 0.606. The SMILES string of the molecule is CCOc1ccc(CN2CCN(CC(O)COc3ccc(C(C)=O)cc3)CC2)cc1. The maximum Gasteiger partial charge on any atom is 0.159 e. The van der Waals surface area contributed by atoms with Crippen molar-refractivity contribution >= 4 is 5.78 Å². The van der Waals surface area contributed by atoms with Crippen molar-refractivity contribution in [1.82, 2.24) is 9.80 Å². The molecule has 3 rings (SSSR count). The van der Waals surface area contributed by atoms with Gasteiger partial charge in [0.1, 0.15) is 24.2 Å². The molecule has 6 nitrogen and oxygen atoms in total. The summed E-state index contributed by atoms with van der Waals surface area (Å²) in [6.07, 6.45) is -0.546. The average Bonchev–Trinajstić information content (AvgIpc) is 2.75. The van der Waals surface area contributed by atoms with E-state index in [1.807, 2.05) is 19.1 Å². The van der Waals surface area contributed by atoms with Gasteiger partial charge in [0.2, 0.25) is 0 Å². The van der Waals surface area contributed by atoms with E-state index in [0.717, 1.165) is 38.5 Å². The van der Waals surface area contributed by atoms with Crippen molar-refractivity contribution in [2.24, 2.45) is 0 Å². The zero-order valence-corrected chi connectivity index (χ0v) is 17.9. The average molecular weight is 413 g/mol. The third kappa shape index (κ3) is 6.83. The monoisotopic (exact) mass is 412 g/mol. The molecule has 0 bridgehead atoms. The Morgan fingerprint density at radius 2 is 1.50 bits per heavy atom. The zero-order chi connectivity index (χ0) is 21.3. The van der Waals surface area contributed by atoms with Crippen molar-refractivity contribution in [2.45, 2.75) is 26.5 Å². The number of nitrogens with zero attached hydrogens (tertiary/aromatic N) is 2. The second-order valence-electron chi connectivity index (χ2n) is 7.70. The van der Waals surface area contributed by atoms with Crippen molar-refractivity contribution in [3.05, 3.63) is 59.7 Å². The van der Waals surface area contributed by atoms with Crippen LogP contribution < -0.4 is 9.47 Å². The van der Waals surface area contributed by atoms with Gasteiger partial charge in [-0.25, -0.2) is 0 Å². The summed E-state index contributed by atoms with van der Waals surface area (Å²) in [5, 5.41) is 10.3. The van der Waals surface area contributed by atoms with E-state index in [2.05, 4.69) is 21.9 Å². The zero-order valence-electron chi connectivity index (χ0n) is 17.9. The largest absolute Gasteiger partial charge is 0.494 e. The molecule has 1 heterocycles. The second kappa shape index (κ2) is 11.1. The standard InChI is InChI=1S/C24H32N2O4/c1-3-29-23-8-4-20(5-9-23)16-25-12-14-26(15-13-25)17-22(28)18-30-24-10-6-21(7-11-24)19(2)27/h4-11,22,28H,3,12-18H2,1-2H3. The number of aliphatic hydroxyl groups excluding tert-OH is 1. The molecule has 162 valence electrons. The molecule has 30 heavy (non-hydrogen) atoms. The smallest absolute Gasteiger partial charge is 0.159 e. The van der Waals surface area contributed by atoms with Crippen LogP contribution in [0, 0.1) is 0 Å². The number of ether oxygens (including phenoxy) is 2. The molecule has 1 saturated heterocycles. The Hall–Kier alpha value is -2.41. The van der Waals surface area contributed by atoms with Crippen LogP contribution in [0.3, 0.4) is 0 Å². The van der Waals surface area contributed by atoms with Crippen molar-refractivity contribution in [3.63, 3.8) is 0 Å². The van der Waals surface area contributed by atoms with Gasteiger partial charge in [-0.15, -0.1) is 0 Å². The molecule has 1 aliphatic heterocycles. The van der Waals surface area contributed by atoms with E-state index in [4.69, 9.17) is 9.47 Å². The maximum absolute atomic E-state index is 11.3. The van der Waals surface area contributed by atoms with Gasteiger partial charge in [-0.2, -0.15) is 0 Å². The van der Waals surface area contributed by atoms with E-state index in [1.165, 1.54) is 12.5 Å². The topological polar surface area (TPSA) is 62.2 Å². The summed E-state index contributed by atoms with van der Waals surface area (Å²) in [7, 11) is 0. The van der Waals surface area contributed by atoms with E-state index in [1.54, 1.807) is 24.3 Å². The Balaban J connectivity index is 1.36. The summed E-state index contributed by atoms with van der Waals surface area (Å²) in [5.41, 5.74) is 1.95. The highest BCUT2D eigenvalue weighted by molar-refractivity contribution is 5.94. The number of aliphatic hydroxyl groups is 1. The van der Waals surface area contributed by atoms with E-state index >= 15 is 0 Å². The van der Waals surface area contributed by atoms with Gasteiger partial charge in [0.15, 0.2) is 5.78 Å². The summed E-state index contributed by atoms with van der Waals surface area (Å²) in [4.78, 5) is 16.0. The minimum atomic E-state index is -0.546. The molecule has 6 heteroatoms. The van der Waals surface area contributed by atoms with Gasteiger partial charge < -0.3 is 14.6 Å². The molecular weight excluding hydrogens is 380 g/mol. The van der Waals surface area contributed by atoms with E-state index < -0.39 is 6.10 Å². The van der Waals surface area contributed by atoms with Gasteiger partial charge in [0, 0.05) is 44.8 Å². The number of hydrogen-bond donors (Lipinski definition) is 1. The molecule has 2 aromatic carbocycles. The van der Waals surface area contributed by atoms with Crippen molar-refractivity contribution in [2.75, 3.05) is 45.9 Å². The van der Waals surface area contributed by atoms with Gasteiger partial charge in [-0.1, -0.05) is 12.1 Å². The number of ketones is 1. The summed E-state index contributed by atoms with van der Waals surface area (Å²) < 4.78 is 11.2. The Morgan fingerprint density at radius 3 is 2.10 bits per heavy atom. The number of Topliss-reactive ketones (excluding diaryl/α,β-unsaturated/α-hetero) is 1. The van der Waals surface area contributed by atoms with Crippen LogP contribution in [0.1, 0.15) is 29.8 Å². The molecule has 0 radical (unpaired) electrons. The number of hydrogen-bond acceptors (Lipinski definition) is 6. The molecule has 2 aromatic rings. The summed E-state index contributed by atoms with van der Waals surface area (Å²) >= 11 is 0. The Bertz CT molecular complexity index is 784. The van der Waals surface area contributed by atoms with Crippen LogP contribution in [0.5, 0.6) is 11.5 Å². The Kier molecular flexibility index (Phi) is 8.25.